The summed E-state index contributed by atoms with van der Waals surface area (Å²) in [4.78, 5) is 23.6. The molecule has 2 aliphatic rings. The third-order valence-corrected chi connectivity index (χ3v) is 6.58. The van der Waals surface area contributed by atoms with E-state index >= 15 is 0 Å². The van der Waals surface area contributed by atoms with E-state index in [1.54, 1.807) is 13.8 Å². The van der Waals surface area contributed by atoms with E-state index in [9.17, 15) is 40.2 Å². The zero-order valence-corrected chi connectivity index (χ0v) is 22.0. The molecule has 0 radical (unpaired) electrons. The van der Waals surface area contributed by atoms with Gasteiger partial charge in [0.25, 0.3) is 0 Å². The van der Waals surface area contributed by atoms with Crippen LogP contribution in [0.1, 0.15) is 38.0 Å². The smallest absolute Gasteiger partial charge is 0.308 e. The number of aliphatic hydroxyl groups excluding tert-OH is 3. The number of phenols is 3. The van der Waals surface area contributed by atoms with Crippen LogP contribution in [0, 0.1) is 5.92 Å². The van der Waals surface area contributed by atoms with E-state index in [2.05, 4.69) is 0 Å². The molecule has 0 spiro atoms. The summed E-state index contributed by atoms with van der Waals surface area (Å²) in [5.74, 6) is -2.54. The number of ether oxygens (including phenoxy) is 5. The number of phenolic OH excluding ortho intramolecular Hbond substituents is 3. The monoisotopic (exact) mass is 564 g/mol. The highest BCUT2D eigenvalue weighted by Gasteiger charge is 2.46. The number of benzene rings is 2. The highest BCUT2D eigenvalue weighted by Crippen LogP contribution is 2.44. The number of rotatable bonds is 7. The van der Waals surface area contributed by atoms with E-state index in [1.165, 1.54) is 37.3 Å². The standard InChI is InChI=1S/C27H32O13/c1-11(2)26(35)36-10-21-22(32)23(33)24(34)27(40-21)38-14-7-17(30)15-9-20(37-12(3)28)25(39-19(15)8-14)13-4-5-16(29)18(31)6-13/h4-8,11,20-25,27,29-34H,9-10H2,1-3H3. The molecule has 0 bridgehead atoms. The zero-order chi connectivity index (χ0) is 29.3. The predicted molar refractivity (Wildman–Crippen MR) is 134 cm³/mol. The zero-order valence-electron chi connectivity index (χ0n) is 22.0. The second kappa shape index (κ2) is 11.8. The van der Waals surface area contributed by atoms with Gasteiger partial charge < -0.3 is 54.3 Å². The molecular formula is C27H32O13. The molecule has 7 atom stereocenters. The summed E-state index contributed by atoms with van der Waals surface area (Å²) < 4.78 is 27.8. The lowest BCUT2D eigenvalue weighted by atomic mass is 9.93. The maximum Gasteiger partial charge on any atom is 0.308 e. The van der Waals surface area contributed by atoms with E-state index in [0.29, 0.717) is 5.56 Å². The lowest BCUT2D eigenvalue weighted by Gasteiger charge is -2.40. The maximum absolute atomic E-state index is 11.8. The fourth-order valence-electron chi connectivity index (χ4n) is 4.44. The van der Waals surface area contributed by atoms with Crippen molar-refractivity contribution in [2.24, 2.45) is 5.92 Å². The van der Waals surface area contributed by atoms with Crippen LogP contribution in [0.5, 0.6) is 28.7 Å². The largest absolute Gasteiger partial charge is 0.507 e. The molecule has 1 fully saturated rings. The molecule has 0 saturated carbocycles. The molecule has 2 heterocycles. The van der Waals surface area contributed by atoms with Gasteiger partial charge >= 0.3 is 11.9 Å². The average molecular weight is 565 g/mol. The third-order valence-electron chi connectivity index (χ3n) is 6.58. The molecule has 0 amide bonds. The molecule has 13 nitrogen and oxygen atoms in total. The van der Waals surface area contributed by atoms with Crippen LogP contribution in [0.25, 0.3) is 0 Å². The van der Waals surface area contributed by atoms with Crippen molar-refractivity contribution in [3.8, 4) is 28.7 Å². The van der Waals surface area contributed by atoms with E-state index < -0.39 is 73.1 Å². The first-order valence-corrected chi connectivity index (χ1v) is 12.6. The van der Waals surface area contributed by atoms with Gasteiger partial charge in [0, 0.05) is 36.6 Å². The number of carbonyl (C=O) groups is 2. The minimum absolute atomic E-state index is 0.0318. The van der Waals surface area contributed by atoms with Gasteiger partial charge in [-0.1, -0.05) is 19.9 Å². The summed E-state index contributed by atoms with van der Waals surface area (Å²) in [6.45, 7) is 4.06. The Kier molecular flexibility index (Phi) is 8.59. The number of esters is 2. The molecule has 0 aliphatic carbocycles. The van der Waals surface area contributed by atoms with Crippen LogP contribution < -0.4 is 9.47 Å². The van der Waals surface area contributed by atoms with Gasteiger partial charge in [-0.25, -0.2) is 0 Å². The van der Waals surface area contributed by atoms with Crippen molar-refractivity contribution in [1.82, 2.24) is 0 Å². The van der Waals surface area contributed by atoms with E-state index in [1.807, 2.05) is 0 Å². The Morgan fingerprint density at radius 3 is 2.35 bits per heavy atom. The molecular weight excluding hydrogens is 532 g/mol. The number of fused-ring (bicyclic) bond motifs is 1. The molecule has 2 aromatic carbocycles. The van der Waals surface area contributed by atoms with Gasteiger partial charge in [0.2, 0.25) is 6.29 Å². The predicted octanol–water partition coefficient (Wildman–Crippen LogP) is 0.797. The minimum atomic E-state index is -1.70. The normalized spacial score (nSPS) is 27.8. The van der Waals surface area contributed by atoms with Gasteiger partial charge in [0.15, 0.2) is 17.6 Å². The molecule has 40 heavy (non-hydrogen) atoms. The van der Waals surface area contributed by atoms with Crippen LogP contribution in [-0.4, -0.2) is 86.0 Å². The second-order valence-electron chi connectivity index (χ2n) is 9.97. The number of aliphatic hydroxyl groups is 3. The summed E-state index contributed by atoms with van der Waals surface area (Å²) in [7, 11) is 0. The summed E-state index contributed by atoms with van der Waals surface area (Å²) in [5, 5.41) is 61.5. The summed E-state index contributed by atoms with van der Waals surface area (Å²) in [6, 6.07) is 6.58. The topological polar surface area (TPSA) is 202 Å². The lowest BCUT2D eigenvalue weighted by Crippen LogP contribution is -2.60. The van der Waals surface area contributed by atoms with Crippen molar-refractivity contribution in [2.45, 2.75) is 70.1 Å². The van der Waals surface area contributed by atoms with Gasteiger partial charge in [0.1, 0.15) is 54.4 Å². The van der Waals surface area contributed by atoms with Gasteiger partial charge in [-0.15, -0.1) is 0 Å². The highest BCUT2D eigenvalue weighted by molar-refractivity contribution is 5.71. The molecule has 13 heteroatoms. The molecule has 6 N–H and O–H groups in total. The Hall–Kier alpha value is -3.78. The second-order valence-corrected chi connectivity index (χ2v) is 9.97. The molecule has 1 saturated heterocycles. The van der Waals surface area contributed by atoms with Crippen molar-refractivity contribution in [1.29, 1.82) is 0 Å². The van der Waals surface area contributed by atoms with Crippen molar-refractivity contribution >= 4 is 11.9 Å². The first-order chi connectivity index (χ1) is 18.8. The average Bonchev–Trinajstić information content (AvgIpc) is 2.89. The van der Waals surface area contributed by atoms with Gasteiger partial charge in [-0.3, -0.25) is 9.59 Å². The third kappa shape index (κ3) is 6.17. The van der Waals surface area contributed by atoms with E-state index in [-0.39, 0.29) is 35.0 Å². The van der Waals surface area contributed by atoms with Crippen LogP contribution in [0.3, 0.4) is 0 Å². The van der Waals surface area contributed by atoms with Crippen LogP contribution in [0.4, 0.5) is 0 Å². The Morgan fingerprint density at radius 2 is 1.70 bits per heavy atom. The van der Waals surface area contributed by atoms with Crippen molar-refractivity contribution in [3.63, 3.8) is 0 Å². The molecule has 4 rings (SSSR count). The number of hydrogen-bond acceptors (Lipinski definition) is 13. The Labute approximate surface area is 229 Å². The molecule has 218 valence electrons. The van der Waals surface area contributed by atoms with Gasteiger partial charge in [-0.05, 0) is 12.1 Å². The fourth-order valence-corrected chi connectivity index (χ4v) is 4.44. The van der Waals surface area contributed by atoms with Crippen molar-refractivity contribution in [3.05, 3.63) is 41.5 Å². The number of hydrogen-bond donors (Lipinski definition) is 6. The van der Waals surface area contributed by atoms with Crippen LogP contribution in [-0.2, 0) is 30.2 Å². The summed E-state index contributed by atoms with van der Waals surface area (Å²) in [6.07, 6.45) is -9.51. The summed E-state index contributed by atoms with van der Waals surface area (Å²) >= 11 is 0. The van der Waals surface area contributed by atoms with Gasteiger partial charge in [0.05, 0.1) is 5.92 Å². The van der Waals surface area contributed by atoms with Crippen LogP contribution >= 0.6 is 0 Å². The lowest BCUT2D eigenvalue weighted by molar-refractivity contribution is -0.278. The maximum atomic E-state index is 11.8. The fraction of sp³-hybridized carbons (Fsp3) is 0.481. The minimum Gasteiger partial charge on any atom is -0.507 e. The summed E-state index contributed by atoms with van der Waals surface area (Å²) in [5.41, 5.74) is 0.664. The highest BCUT2D eigenvalue weighted by atomic mass is 16.7. The van der Waals surface area contributed by atoms with Crippen LogP contribution in [0.15, 0.2) is 30.3 Å². The molecule has 7 unspecified atom stereocenters. The Balaban J connectivity index is 1.58. The van der Waals surface area contributed by atoms with E-state index in [4.69, 9.17) is 23.7 Å². The Morgan fingerprint density at radius 1 is 0.975 bits per heavy atom. The Bertz CT molecular complexity index is 1250. The molecule has 0 aromatic heterocycles. The van der Waals surface area contributed by atoms with Crippen molar-refractivity contribution < 1.29 is 63.9 Å². The number of aromatic hydroxyl groups is 3. The first-order valence-electron chi connectivity index (χ1n) is 12.6. The van der Waals surface area contributed by atoms with E-state index in [0.717, 1.165) is 0 Å². The molecule has 2 aliphatic heterocycles. The van der Waals surface area contributed by atoms with Gasteiger partial charge in [-0.2, -0.15) is 0 Å². The number of carbonyl (C=O) groups excluding carboxylic acids is 2. The first kappa shape index (κ1) is 29.2. The van der Waals surface area contributed by atoms with Crippen molar-refractivity contribution in [2.75, 3.05) is 6.61 Å². The quantitative estimate of drug-likeness (QED) is 0.204. The van der Waals surface area contributed by atoms with Crippen LogP contribution in [0.2, 0.25) is 0 Å². The SMILES string of the molecule is CC(=O)OC1Cc2c(O)cc(OC3OC(COC(=O)C(C)C)C(O)C(O)C3O)cc2OC1c1ccc(O)c(O)c1. The molecule has 2 aromatic rings.